The van der Waals surface area contributed by atoms with Crippen LogP contribution in [0.1, 0.15) is 15.9 Å². The van der Waals surface area contributed by atoms with E-state index in [0.29, 0.717) is 11.6 Å². The topological polar surface area (TPSA) is 58.2 Å². The molecule has 0 aliphatic carbocycles. The van der Waals surface area contributed by atoms with E-state index in [2.05, 4.69) is 10.6 Å². The van der Waals surface area contributed by atoms with Crippen molar-refractivity contribution in [3.63, 3.8) is 0 Å². The summed E-state index contributed by atoms with van der Waals surface area (Å²) in [6.45, 7) is -0.357. The Morgan fingerprint density at radius 1 is 0.840 bits per heavy atom. The molecule has 8 heteroatoms. The third-order valence-corrected chi connectivity index (χ3v) is 3.36. The monoisotopic (exact) mass is 354 g/mol. The molecule has 132 valence electrons. The fourth-order valence-electron chi connectivity index (χ4n) is 2.06. The molecule has 0 heterocycles. The van der Waals surface area contributed by atoms with Gasteiger partial charge in [-0.05, 0) is 30.2 Å². The van der Waals surface area contributed by atoms with Crippen molar-refractivity contribution in [3.05, 3.63) is 70.8 Å². The molecule has 0 bridgehead atoms. The van der Waals surface area contributed by atoms with Gasteiger partial charge >= 0.3 is 0 Å². The Morgan fingerprint density at radius 3 is 2.28 bits per heavy atom. The third kappa shape index (κ3) is 4.79. The fourth-order valence-corrected chi connectivity index (χ4v) is 2.06. The molecule has 0 aliphatic heterocycles. The van der Waals surface area contributed by atoms with Gasteiger partial charge in [0.05, 0.1) is 12.1 Å². The van der Waals surface area contributed by atoms with Gasteiger partial charge in [-0.3, -0.25) is 9.59 Å². The first-order chi connectivity index (χ1) is 11.9. The number of halogens is 4. The molecule has 2 aromatic rings. The van der Waals surface area contributed by atoms with Crippen molar-refractivity contribution >= 4 is 11.8 Å². The van der Waals surface area contributed by atoms with Gasteiger partial charge in [0, 0.05) is 6.54 Å². The minimum atomic E-state index is -1.76. The molecule has 0 saturated carbocycles. The Morgan fingerprint density at radius 2 is 1.56 bits per heavy atom. The summed E-state index contributed by atoms with van der Waals surface area (Å²) in [4.78, 5) is 23.3. The Bertz CT molecular complexity index is 796. The summed E-state index contributed by atoms with van der Waals surface area (Å²) < 4.78 is 52.7. The maximum Gasteiger partial charge on any atom is 0.254 e. The second kappa shape index (κ2) is 8.27. The van der Waals surface area contributed by atoms with Crippen LogP contribution >= 0.6 is 0 Å². The molecule has 0 aromatic heterocycles. The summed E-state index contributed by atoms with van der Waals surface area (Å²) in [5.41, 5.74) is -0.284. The quantitative estimate of drug-likeness (QED) is 0.618. The lowest BCUT2D eigenvalue weighted by molar-refractivity contribution is -0.120. The van der Waals surface area contributed by atoms with E-state index in [4.69, 9.17) is 0 Å². The minimum absolute atomic E-state index is 0.134. The van der Waals surface area contributed by atoms with Crippen LogP contribution in [-0.2, 0) is 11.2 Å². The van der Waals surface area contributed by atoms with E-state index in [1.54, 1.807) is 18.2 Å². The van der Waals surface area contributed by atoms with Gasteiger partial charge < -0.3 is 10.6 Å². The Kier molecular flexibility index (Phi) is 6.10. The van der Waals surface area contributed by atoms with E-state index in [1.807, 2.05) is 0 Å². The molecule has 4 nitrogen and oxygen atoms in total. The number of nitrogens with one attached hydrogen (secondary N) is 2. The van der Waals surface area contributed by atoms with E-state index < -0.39 is 41.4 Å². The van der Waals surface area contributed by atoms with Gasteiger partial charge in [-0.2, -0.15) is 0 Å². The van der Waals surface area contributed by atoms with Gasteiger partial charge in [-0.25, -0.2) is 17.6 Å². The van der Waals surface area contributed by atoms with E-state index in [9.17, 15) is 27.2 Å². The molecule has 0 unspecified atom stereocenters. The highest BCUT2D eigenvalue weighted by Gasteiger charge is 2.19. The highest BCUT2D eigenvalue weighted by atomic mass is 19.2. The predicted octanol–water partition coefficient (Wildman–Crippen LogP) is 2.33. The molecule has 0 aliphatic rings. The normalized spacial score (nSPS) is 10.4. The van der Waals surface area contributed by atoms with Crippen LogP contribution < -0.4 is 10.6 Å². The number of amides is 2. The molecular weight excluding hydrogens is 340 g/mol. The highest BCUT2D eigenvalue weighted by Crippen LogP contribution is 2.14. The van der Waals surface area contributed by atoms with Crippen LogP contribution in [0.3, 0.4) is 0 Å². The molecule has 0 atom stereocenters. The van der Waals surface area contributed by atoms with Crippen LogP contribution in [0.2, 0.25) is 0 Å². The van der Waals surface area contributed by atoms with Gasteiger partial charge in [-0.15, -0.1) is 0 Å². The smallest absolute Gasteiger partial charge is 0.254 e. The third-order valence-electron chi connectivity index (χ3n) is 3.36. The number of hydrogen-bond acceptors (Lipinski definition) is 2. The molecule has 2 rings (SSSR count). The number of carbonyl (C=O) groups is 2. The molecule has 2 N–H and O–H groups in total. The lowest BCUT2D eigenvalue weighted by Gasteiger charge is -2.08. The fraction of sp³-hybridized carbons (Fsp3) is 0.176. The number of hydrogen-bond donors (Lipinski definition) is 2. The summed E-state index contributed by atoms with van der Waals surface area (Å²) in [5.74, 6) is -6.84. The maximum absolute atomic E-state index is 13.5. The number of rotatable bonds is 6. The van der Waals surface area contributed by atoms with Crippen molar-refractivity contribution in [2.45, 2.75) is 6.42 Å². The zero-order chi connectivity index (χ0) is 18.4. The molecule has 0 spiro atoms. The van der Waals surface area contributed by atoms with Crippen LogP contribution in [0.4, 0.5) is 17.6 Å². The number of benzene rings is 2. The molecule has 0 fully saturated rings. The largest absolute Gasteiger partial charge is 0.354 e. The van der Waals surface area contributed by atoms with Crippen LogP contribution in [0.5, 0.6) is 0 Å². The van der Waals surface area contributed by atoms with Gasteiger partial charge in [0.1, 0.15) is 5.82 Å². The molecule has 0 radical (unpaired) electrons. The molecule has 2 amide bonds. The van der Waals surface area contributed by atoms with Gasteiger partial charge in [0.15, 0.2) is 17.5 Å². The summed E-state index contributed by atoms with van der Waals surface area (Å²) >= 11 is 0. The summed E-state index contributed by atoms with van der Waals surface area (Å²) in [5, 5.41) is 4.54. The second-order valence-electron chi connectivity index (χ2n) is 5.10. The van der Waals surface area contributed by atoms with Crippen molar-refractivity contribution in [1.29, 1.82) is 0 Å². The highest BCUT2D eigenvalue weighted by molar-refractivity contribution is 5.96. The van der Waals surface area contributed by atoms with Gasteiger partial charge in [0.25, 0.3) is 5.91 Å². The van der Waals surface area contributed by atoms with Gasteiger partial charge in [-0.1, -0.05) is 18.2 Å². The summed E-state index contributed by atoms with van der Waals surface area (Å²) in [6.07, 6.45) is 0.254. The van der Waals surface area contributed by atoms with Crippen LogP contribution in [0.15, 0.2) is 36.4 Å². The van der Waals surface area contributed by atoms with Crippen molar-refractivity contribution < 1.29 is 27.2 Å². The predicted molar refractivity (Wildman–Crippen MR) is 81.8 cm³/mol. The minimum Gasteiger partial charge on any atom is -0.354 e. The van der Waals surface area contributed by atoms with Crippen LogP contribution in [0, 0.1) is 23.3 Å². The SMILES string of the molecule is O=C(CNC(=O)c1ccc(F)c(F)c1F)NCCc1ccccc1F. The Labute approximate surface area is 140 Å². The summed E-state index contributed by atoms with van der Waals surface area (Å²) in [7, 11) is 0. The summed E-state index contributed by atoms with van der Waals surface area (Å²) in [6, 6.07) is 7.48. The first kappa shape index (κ1) is 18.4. The molecule has 25 heavy (non-hydrogen) atoms. The zero-order valence-electron chi connectivity index (χ0n) is 12.9. The Hall–Kier alpha value is -2.90. The zero-order valence-corrected chi connectivity index (χ0v) is 12.9. The second-order valence-corrected chi connectivity index (χ2v) is 5.10. The van der Waals surface area contributed by atoms with Crippen LogP contribution in [-0.4, -0.2) is 24.9 Å². The van der Waals surface area contributed by atoms with E-state index in [0.717, 1.165) is 6.07 Å². The lowest BCUT2D eigenvalue weighted by Crippen LogP contribution is -2.38. The van der Waals surface area contributed by atoms with E-state index in [1.165, 1.54) is 6.07 Å². The number of carbonyl (C=O) groups excluding carboxylic acids is 2. The molecule has 0 saturated heterocycles. The molecule has 2 aromatic carbocycles. The molecular formula is C17H14F4N2O2. The maximum atomic E-state index is 13.5. The van der Waals surface area contributed by atoms with Crippen molar-refractivity contribution in [2.24, 2.45) is 0 Å². The van der Waals surface area contributed by atoms with Gasteiger partial charge in [0.2, 0.25) is 5.91 Å². The van der Waals surface area contributed by atoms with Crippen molar-refractivity contribution in [2.75, 3.05) is 13.1 Å². The first-order valence-corrected chi connectivity index (χ1v) is 7.32. The van der Waals surface area contributed by atoms with Crippen LogP contribution in [0.25, 0.3) is 0 Å². The average molecular weight is 354 g/mol. The Balaban J connectivity index is 1.81. The standard InChI is InChI=1S/C17H14F4N2O2/c18-12-4-2-1-3-10(12)7-8-22-14(24)9-23-17(25)11-5-6-13(19)16(21)15(11)20/h1-6H,7-9H2,(H,22,24)(H,23,25). The average Bonchev–Trinajstić information content (AvgIpc) is 2.59. The van der Waals surface area contributed by atoms with Crippen molar-refractivity contribution in [1.82, 2.24) is 10.6 Å². The van der Waals surface area contributed by atoms with E-state index >= 15 is 0 Å². The first-order valence-electron chi connectivity index (χ1n) is 7.32. The van der Waals surface area contributed by atoms with E-state index in [-0.39, 0.29) is 18.8 Å². The lowest BCUT2D eigenvalue weighted by atomic mass is 10.1. The van der Waals surface area contributed by atoms with Crippen molar-refractivity contribution in [3.8, 4) is 0 Å².